The molecule has 0 aliphatic carbocycles. The number of hydrogen-bond acceptors (Lipinski definition) is 4. The van der Waals surface area contributed by atoms with Gasteiger partial charge in [0.25, 0.3) is 0 Å². The van der Waals surface area contributed by atoms with E-state index in [2.05, 4.69) is 9.97 Å². The minimum Gasteiger partial charge on any atom is -0.462 e. The van der Waals surface area contributed by atoms with Crippen molar-refractivity contribution in [1.82, 2.24) is 9.97 Å². The second kappa shape index (κ2) is 5.99. The first-order chi connectivity index (χ1) is 9.11. The van der Waals surface area contributed by atoms with Crippen molar-refractivity contribution in [1.29, 1.82) is 0 Å². The van der Waals surface area contributed by atoms with Crippen molar-refractivity contribution in [3.05, 3.63) is 46.3 Å². The Morgan fingerprint density at radius 3 is 2.58 bits per heavy atom. The summed E-state index contributed by atoms with van der Waals surface area (Å²) < 4.78 is 4.90. The van der Waals surface area contributed by atoms with Gasteiger partial charge in [0, 0.05) is 5.56 Å². The van der Waals surface area contributed by atoms with E-state index in [-0.39, 0.29) is 16.3 Å². The van der Waals surface area contributed by atoms with Gasteiger partial charge in [0.2, 0.25) is 0 Å². The van der Waals surface area contributed by atoms with Gasteiger partial charge in [-0.15, -0.1) is 0 Å². The molecule has 0 fully saturated rings. The van der Waals surface area contributed by atoms with Gasteiger partial charge in [-0.2, -0.15) is 0 Å². The van der Waals surface area contributed by atoms with Gasteiger partial charge in [-0.1, -0.05) is 35.3 Å². The minimum atomic E-state index is -0.364. The van der Waals surface area contributed by atoms with E-state index in [0.29, 0.717) is 17.9 Å². The Balaban J connectivity index is 2.32. The standard InChI is InChI=1S/C13H10Cl2N2O2/c1-2-19-13(18)9-5-3-8(4-6-9)11-12(15)16-7-10(14)17-11/h3-7H,2H2,1H3. The zero-order chi connectivity index (χ0) is 13.8. The number of carbonyl (C=O) groups excluding carboxylic acids is 1. The van der Waals surface area contributed by atoms with E-state index in [1.54, 1.807) is 31.2 Å². The molecule has 0 spiro atoms. The largest absolute Gasteiger partial charge is 0.462 e. The fourth-order valence-corrected chi connectivity index (χ4v) is 1.85. The Morgan fingerprint density at radius 2 is 1.95 bits per heavy atom. The molecule has 0 amide bonds. The monoisotopic (exact) mass is 296 g/mol. The Labute approximate surface area is 120 Å². The van der Waals surface area contributed by atoms with E-state index in [1.165, 1.54) is 6.20 Å². The van der Waals surface area contributed by atoms with Crippen LogP contribution in [0.15, 0.2) is 30.5 Å². The summed E-state index contributed by atoms with van der Waals surface area (Å²) >= 11 is 11.7. The highest BCUT2D eigenvalue weighted by molar-refractivity contribution is 6.33. The molecule has 1 aromatic carbocycles. The van der Waals surface area contributed by atoms with Crippen molar-refractivity contribution in [2.75, 3.05) is 6.61 Å². The predicted molar refractivity (Wildman–Crippen MR) is 73.4 cm³/mol. The van der Waals surface area contributed by atoms with Crippen molar-refractivity contribution in [2.45, 2.75) is 6.92 Å². The first-order valence-electron chi connectivity index (χ1n) is 5.57. The first-order valence-corrected chi connectivity index (χ1v) is 6.33. The molecule has 0 saturated heterocycles. The molecule has 98 valence electrons. The van der Waals surface area contributed by atoms with Crippen LogP contribution in [0, 0.1) is 0 Å². The van der Waals surface area contributed by atoms with Crippen LogP contribution in [0.2, 0.25) is 10.3 Å². The molecule has 0 aliphatic heterocycles. The molecule has 0 aliphatic rings. The highest BCUT2D eigenvalue weighted by atomic mass is 35.5. The van der Waals surface area contributed by atoms with Crippen molar-refractivity contribution in [3.63, 3.8) is 0 Å². The normalized spacial score (nSPS) is 10.3. The molecule has 0 unspecified atom stereocenters. The predicted octanol–water partition coefficient (Wildman–Crippen LogP) is 3.63. The molecule has 6 heteroatoms. The molecule has 0 radical (unpaired) electrons. The summed E-state index contributed by atoms with van der Waals surface area (Å²) in [5.41, 5.74) is 1.68. The van der Waals surface area contributed by atoms with Crippen molar-refractivity contribution in [2.24, 2.45) is 0 Å². The lowest BCUT2D eigenvalue weighted by Crippen LogP contribution is -2.04. The van der Waals surface area contributed by atoms with Crippen molar-refractivity contribution < 1.29 is 9.53 Å². The molecule has 19 heavy (non-hydrogen) atoms. The average Bonchev–Trinajstić information content (AvgIpc) is 2.42. The third-order valence-corrected chi connectivity index (χ3v) is 2.83. The molecular weight excluding hydrogens is 287 g/mol. The SMILES string of the molecule is CCOC(=O)c1ccc(-c2nc(Cl)cnc2Cl)cc1. The highest BCUT2D eigenvalue weighted by Crippen LogP contribution is 2.25. The van der Waals surface area contributed by atoms with E-state index < -0.39 is 0 Å². The van der Waals surface area contributed by atoms with Crippen LogP contribution in [-0.4, -0.2) is 22.5 Å². The van der Waals surface area contributed by atoms with Crippen LogP contribution in [0.5, 0.6) is 0 Å². The number of rotatable bonds is 3. The van der Waals surface area contributed by atoms with E-state index in [1.807, 2.05) is 0 Å². The number of esters is 1. The molecular formula is C13H10Cl2N2O2. The van der Waals surface area contributed by atoms with Gasteiger partial charge in [0.05, 0.1) is 18.4 Å². The smallest absolute Gasteiger partial charge is 0.338 e. The summed E-state index contributed by atoms with van der Waals surface area (Å²) in [6, 6.07) is 6.73. The Morgan fingerprint density at radius 1 is 1.26 bits per heavy atom. The Kier molecular flexibility index (Phi) is 4.35. The van der Waals surface area contributed by atoms with Crippen LogP contribution in [-0.2, 0) is 4.74 Å². The summed E-state index contributed by atoms with van der Waals surface area (Å²) in [5.74, 6) is -0.364. The third kappa shape index (κ3) is 3.22. The van der Waals surface area contributed by atoms with Crippen LogP contribution in [0.3, 0.4) is 0 Å². The maximum Gasteiger partial charge on any atom is 0.338 e. The number of ether oxygens (including phenoxy) is 1. The molecule has 2 aromatic rings. The average molecular weight is 297 g/mol. The number of hydrogen-bond donors (Lipinski definition) is 0. The molecule has 0 bridgehead atoms. The molecule has 1 aromatic heterocycles. The zero-order valence-corrected chi connectivity index (χ0v) is 11.6. The maximum absolute atomic E-state index is 11.5. The summed E-state index contributed by atoms with van der Waals surface area (Å²) in [6.45, 7) is 2.10. The number of halogens is 2. The lowest BCUT2D eigenvalue weighted by Gasteiger charge is -2.05. The fraction of sp³-hybridized carbons (Fsp3) is 0.154. The number of aromatic nitrogens is 2. The van der Waals surface area contributed by atoms with Crippen LogP contribution >= 0.6 is 23.2 Å². The first kappa shape index (κ1) is 13.8. The molecule has 2 rings (SSSR count). The quantitative estimate of drug-likeness (QED) is 0.812. The molecule has 0 N–H and O–H groups in total. The molecule has 4 nitrogen and oxygen atoms in total. The van der Waals surface area contributed by atoms with E-state index in [4.69, 9.17) is 27.9 Å². The summed E-state index contributed by atoms with van der Waals surface area (Å²) in [5, 5.41) is 0.516. The summed E-state index contributed by atoms with van der Waals surface area (Å²) in [6.07, 6.45) is 1.38. The third-order valence-electron chi connectivity index (χ3n) is 2.37. The lowest BCUT2D eigenvalue weighted by atomic mass is 10.1. The topological polar surface area (TPSA) is 52.1 Å². The number of benzene rings is 1. The lowest BCUT2D eigenvalue weighted by molar-refractivity contribution is 0.0526. The van der Waals surface area contributed by atoms with Gasteiger partial charge in [-0.05, 0) is 19.1 Å². The fourth-order valence-electron chi connectivity index (χ4n) is 1.52. The molecule has 0 atom stereocenters. The maximum atomic E-state index is 11.5. The van der Waals surface area contributed by atoms with Crippen LogP contribution in [0.1, 0.15) is 17.3 Å². The zero-order valence-electron chi connectivity index (χ0n) is 10.1. The summed E-state index contributed by atoms with van der Waals surface area (Å²) in [7, 11) is 0. The van der Waals surface area contributed by atoms with E-state index >= 15 is 0 Å². The minimum absolute atomic E-state index is 0.258. The van der Waals surface area contributed by atoms with Crippen molar-refractivity contribution >= 4 is 29.2 Å². The summed E-state index contributed by atoms with van der Waals surface area (Å²) in [4.78, 5) is 19.5. The Hall–Kier alpha value is -1.65. The van der Waals surface area contributed by atoms with Gasteiger partial charge in [-0.3, -0.25) is 0 Å². The van der Waals surface area contributed by atoms with Crippen molar-refractivity contribution in [3.8, 4) is 11.3 Å². The van der Waals surface area contributed by atoms with Gasteiger partial charge in [0.15, 0.2) is 5.15 Å². The van der Waals surface area contributed by atoms with Crippen LogP contribution in [0.4, 0.5) is 0 Å². The number of nitrogens with zero attached hydrogens (tertiary/aromatic N) is 2. The van der Waals surface area contributed by atoms with Crippen LogP contribution < -0.4 is 0 Å². The second-order valence-corrected chi connectivity index (χ2v) is 4.38. The van der Waals surface area contributed by atoms with Gasteiger partial charge in [-0.25, -0.2) is 14.8 Å². The van der Waals surface area contributed by atoms with Crippen LogP contribution in [0.25, 0.3) is 11.3 Å². The second-order valence-electron chi connectivity index (χ2n) is 3.63. The molecule has 0 saturated carbocycles. The highest BCUT2D eigenvalue weighted by Gasteiger charge is 2.10. The van der Waals surface area contributed by atoms with E-state index in [9.17, 15) is 4.79 Å². The Bertz CT molecular complexity index is 600. The number of carbonyl (C=O) groups is 1. The van der Waals surface area contributed by atoms with E-state index in [0.717, 1.165) is 5.56 Å². The van der Waals surface area contributed by atoms with Gasteiger partial charge >= 0.3 is 5.97 Å². The molecule has 1 heterocycles. The van der Waals surface area contributed by atoms with Gasteiger partial charge < -0.3 is 4.74 Å². The van der Waals surface area contributed by atoms with Gasteiger partial charge in [0.1, 0.15) is 10.8 Å².